The highest BCUT2D eigenvalue weighted by Gasteiger charge is 2.51. The number of aromatic nitrogens is 1. The van der Waals surface area contributed by atoms with Crippen LogP contribution in [0.25, 0.3) is 0 Å². The van der Waals surface area contributed by atoms with Crippen LogP contribution in [0.1, 0.15) is 97.6 Å². The molecule has 4 unspecified atom stereocenters. The van der Waals surface area contributed by atoms with Crippen molar-refractivity contribution in [3.63, 3.8) is 0 Å². The Morgan fingerprint density at radius 2 is 1.84 bits per heavy atom. The van der Waals surface area contributed by atoms with E-state index in [9.17, 15) is 13.2 Å². The number of oxazole rings is 1. The first-order chi connectivity index (χ1) is 18.4. The second-order valence-corrected chi connectivity index (χ2v) is 12.9. The summed E-state index contributed by atoms with van der Waals surface area (Å²) in [7, 11) is -4.00. The quantitative estimate of drug-likeness (QED) is 0.282. The van der Waals surface area contributed by atoms with Crippen molar-refractivity contribution >= 4 is 16.0 Å². The Balaban J connectivity index is 1.16. The van der Waals surface area contributed by atoms with Gasteiger partial charge in [-0.05, 0) is 49.1 Å². The van der Waals surface area contributed by atoms with Crippen molar-refractivity contribution in [2.45, 2.75) is 95.2 Å². The Hall–Kier alpha value is -2.23. The van der Waals surface area contributed by atoms with E-state index in [0.717, 1.165) is 49.1 Å². The van der Waals surface area contributed by atoms with Gasteiger partial charge in [-0.25, -0.2) is 4.98 Å². The summed E-state index contributed by atoms with van der Waals surface area (Å²) in [5.74, 6) is 1.09. The molecule has 3 heterocycles. The average molecular weight is 545 g/mol. The molecule has 2 saturated heterocycles. The molecule has 3 aliphatic rings. The van der Waals surface area contributed by atoms with Crippen molar-refractivity contribution < 1.29 is 26.9 Å². The maximum atomic E-state index is 12.7. The fourth-order valence-electron chi connectivity index (χ4n) is 6.68. The van der Waals surface area contributed by atoms with E-state index in [1.54, 1.807) is 0 Å². The van der Waals surface area contributed by atoms with Crippen LogP contribution in [-0.2, 0) is 27.7 Å². The zero-order valence-electron chi connectivity index (χ0n) is 22.0. The summed E-state index contributed by atoms with van der Waals surface area (Å²) in [6, 6.07) is 7.82. The van der Waals surface area contributed by atoms with Gasteiger partial charge < -0.3 is 14.5 Å². The molecule has 5 rings (SSSR count). The van der Waals surface area contributed by atoms with Gasteiger partial charge in [0.2, 0.25) is 5.89 Å². The fraction of sp³-hybridized carbons (Fsp3) is 0.655. The Morgan fingerprint density at radius 1 is 1.05 bits per heavy atom. The van der Waals surface area contributed by atoms with Gasteiger partial charge >= 0.3 is 0 Å². The largest absolute Gasteiger partial charge is 0.448 e. The van der Waals surface area contributed by atoms with Gasteiger partial charge in [-0.1, -0.05) is 69.2 Å². The van der Waals surface area contributed by atoms with Crippen LogP contribution < -0.4 is 5.32 Å². The lowest BCUT2D eigenvalue weighted by Crippen LogP contribution is -2.28. The Bertz CT molecular complexity index is 1190. The number of benzene rings is 1. The molecule has 3 fully saturated rings. The van der Waals surface area contributed by atoms with Gasteiger partial charge in [0.05, 0.1) is 23.9 Å². The number of aryl methyl sites for hydroxylation is 1. The maximum absolute atomic E-state index is 12.7. The van der Waals surface area contributed by atoms with Crippen LogP contribution in [0.4, 0.5) is 0 Å². The van der Waals surface area contributed by atoms with E-state index in [1.165, 1.54) is 44.8 Å². The zero-order chi connectivity index (χ0) is 26.5. The van der Waals surface area contributed by atoms with E-state index < -0.39 is 10.1 Å². The number of unbranched alkanes of at least 4 members (excludes halogenated alkanes) is 1. The van der Waals surface area contributed by atoms with E-state index in [2.05, 4.69) is 10.3 Å². The van der Waals surface area contributed by atoms with Crippen LogP contribution in [0, 0.1) is 11.8 Å². The van der Waals surface area contributed by atoms with Gasteiger partial charge in [0.25, 0.3) is 16.0 Å². The number of fused-ring (bicyclic) bond motifs is 2. The lowest BCUT2D eigenvalue weighted by Gasteiger charge is -2.26. The summed E-state index contributed by atoms with van der Waals surface area (Å²) in [5.41, 5.74) is 2.28. The lowest BCUT2D eigenvalue weighted by molar-refractivity contribution is 0.0898. The molecule has 1 aromatic carbocycles. The topological polar surface area (TPSA) is 119 Å². The van der Waals surface area contributed by atoms with Gasteiger partial charge in [-0.2, -0.15) is 8.42 Å². The molecule has 9 heteroatoms. The molecular formula is C29H40N2O6S. The van der Waals surface area contributed by atoms with Crippen molar-refractivity contribution in [2.75, 3.05) is 12.3 Å². The Morgan fingerprint density at radius 3 is 2.66 bits per heavy atom. The van der Waals surface area contributed by atoms with Gasteiger partial charge in [0, 0.05) is 12.5 Å². The minimum atomic E-state index is -4.00. The molecule has 0 spiro atoms. The van der Waals surface area contributed by atoms with Crippen molar-refractivity contribution in [1.29, 1.82) is 0 Å². The average Bonchev–Trinajstić information content (AvgIpc) is 3.65. The molecule has 2 bridgehead atoms. The highest BCUT2D eigenvalue weighted by Crippen LogP contribution is 2.49. The third kappa shape index (κ3) is 7.04. The fourth-order valence-corrected chi connectivity index (χ4v) is 7.17. The smallest absolute Gasteiger partial charge is 0.273 e. The number of carbonyl (C=O) groups excluding carboxylic acids is 1. The van der Waals surface area contributed by atoms with Crippen LogP contribution in [-0.4, -0.2) is 48.4 Å². The molecule has 1 aromatic heterocycles. The normalized spacial score (nSPS) is 25.6. The number of ether oxygens (including phenoxy) is 1. The Kier molecular flexibility index (Phi) is 8.85. The number of nitrogens with one attached hydrogen (secondary N) is 1. The first-order valence-electron chi connectivity index (χ1n) is 14.3. The van der Waals surface area contributed by atoms with Gasteiger partial charge in [0.1, 0.15) is 6.26 Å². The summed E-state index contributed by atoms with van der Waals surface area (Å²) in [6.45, 7) is 0.654. The molecule has 1 amide bonds. The Labute approximate surface area is 225 Å². The molecule has 208 valence electrons. The highest BCUT2D eigenvalue weighted by molar-refractivity contribution is 7.85. The van der Waals surface area contributed by atoms with Gasteiger partial charge in [-0.15, -0.1) is 0 Å². The van der Waals surface area contributed by atoms with Crippen molar-refractivity contribution in [3.05, 3.63) is 53.2 Å². The SMILES string of the molecule is O=C(NCCCCC1CCCCC1)c1coc(C2C3CCC(O3)C2Cc2cccc(CCS(=O)(=O)O)c2)n1. The number of amides is 1. The molecule has 38 heavy (non-hydrogen) atoms. The molecule has 2 aliphatic heterocycles. The molecule has 4 atom stereocenters. The molecule has 1 aliphatic carbocycles. The molecule has 2 aromatic rings. The number of rotatable bonds is 12. The second-order valence-electron chi connectivity index (χ2n) is 11.4. The first kappa shape index (κ1) is 27.3. The maximum Gasteiger partial charge on any atom is 0.273 e. The number of nitrogens with zero attached hydrogens (tertiary/aromatic N) is 1. The van der Waals surface area contributed by atoms with E-state index in [4.69, 9.17) is 13.7 Å². The summed E-state index contributed by atoms with van der Waals surface area (Å²) in [5, 5.41) is 3.00. The molecule has 8 nitrogen and oxygen atoms in total. The van der Waals surface area contributed by atoms with Crippen LogP contribution in [0.15, 0.2) is 34.9 Å². The second kappa shape index (κ2) is 12.3. The van der Waals surface area contributed by atoms with E-state index in [-0.39, 0.29) is 42.1 Å². The number of hydrogen-bond donors (Lipinski definition) is 2. The summed E-state index contributed by atoms with van der Waals surface area (Å²) >= 11 is 0. The molecule has 2 N–H and O–H groups in total. The predicted molar refractivity (Wildman–Crippen MR) is 144 cm³/mol. The van der Waals surface area contributed by atoms with Crippen LogP contribution in [0.3, 0.4) is 0 Å². The third-order valence-corrected chi connectivity index (χ3v) is 9.35. The van der Waals surface area contributed by atoms with E-state index >= 15 is 0 Å². The molecular weight excluding hydrogens is 504 g/mol. The van der Waals surface area contributed by atoms with E-state index in [0.29, 0.717) is 18.1 Å². The zero-order valence-corrected chi connectivity index (χ0v) is 22.8. The van der Waals surface area contributed by atoms with Crippen molar-refractivity contribution in [3.8, 4) is 0 Å². The van der Waals surface area contributed by atoms with E-state index in [1.807, 2.05) is 24.3 Å². The van der Waals surface area contributed by atoms with Crippen LogP contribution in [0.2, 0.25) is 0 Å². The van der Waals surface area contributed by atoms with Gasteiger partial charge in [-0.3, -0.25) is 9.35 Å². The third-order valence-electron chi connectivity index (χ3n) is 8.63. The predicted octanol–water partition coefficient (Wildman–Crippen LogP) is 5.09. The summed E-state index contributed by atoms with van der Waals surface area (Å²) < 4.78 is 43.5. The van der Waals surface area contributed by atoms with Gasteiger partial charge in [0.15, 0.2) is 5.69 Å². The minimum Gasteiger partial charge on any atom is -0.448 e. The van der Waals surface area contributed by atoms with Crippen LogP contribution >= 0.6 is 0 Å². The van der Waals surface area contributed by atoms with Crippen LogP contribution in [0.5, 0.6) is 0 Å². The standard InChI is InChI=1S/C29H40N2O6S/c32-28(30-15-5-4-9-20-7-2-1-3-8-20)24-19-36-29(31-24)27-23(25-12-13-26(27)37-25)18-22-11-6-10-21(17-22)14-16-38(33,34)35/h6,10-11,17,19-20,23,25-27H,1-5,7-9,12-16,18H2,(H,30,32)(H,33,34,35). The van der Waals surface area contributed by atoms with Crippen molar-refractivity contribution in [2.24, 2.45) is 11.8 Å². The number of carbonyl (C=O) groups is 1. The summed E-state index contributed by atoms with van der Waals surface area (Å²) in [4.78, 5) is 17.3. The monoisotopic (exact) mass is 544 g/mol. The lowest BCUT2D eigenvalue weighted by atomic mass is 9.76. The summed E-state index contributed by atoms with van der Waals surface area (Å²) in [6.07, 6.45) is 14.8. The molecule has 1 saturated carbocycles. The highest BCUT2D eigenvalue weighted by atomic mass is 32.2. The molecule has 0 radical (unpaired) electrons. The number of hydrogen-bond acceptors (Lipinski definition) is 6. The first-order valence-corrected chi connectivity index (χ1v) is 15.9. The minimum absolute atomic E-state index is 0.0210. The van der Waals surface area contributed by atoms with Crippen molar-refractivity contribution in [1.82, 2.24) is 10.3 Å².